The highest BCUT2D eigenvalue weighted by atomic mass is 16.5. The molecule has 0 unspecified atom stereocenters. The van der Waals surface area contributed by atoms with Crippen LogP contribution in [0, 0.1) is 13.8 Å². The normalized spacial score (nSPS) is 25.3. The summed E-state index contributed by atoms with van der Waals surface area (Å²) in [6, 6.07) is -0.189. The van der Waals surface area contributed by atoms with E-state index in [4.69, 9.17) is 9.47 Å². The van der Waals surface area contributed by atoms with Gasteiger partial charge in [0.15, 0.2) is 6.04 Å². The van der Waals surface area contributed by atoms with Crippen molar-refractivity contribution in [3.63, 3.8) is 0 Å². The maximum Gasteiger partial charge on any atom is 0.340 e. The lowest BCUT2D eigenvalue weighted by atomic mass is 10.0. The zero-order chi connectivity index (χ0) is 18.0. The third kappa shape index (κ3) is 3.70. The first-order valence-corrected chi connectivity index (χ1v) is 8.66. The maximum atomic E-state index is 13.0. The highest BCUT2D eigenvalue weighted by molar-refractivity contribution is 6.03. The number of ether oxygens (including phenoxy) is 2. The van der Waals surface area contributed by atoms with Crippen molar-refractivity contribution in [2.75, 3.05) is 19.7 Å². The minimum atomic E-state index is -0.378. The number of H-pyrrole nitrogens is 1. The zero-order valence-corrected chi connectivity index (χ0v) is 15.5. The number of carbonyl (C=O) groups excluding carboxylic acids is 2. The van der Waals surface area contributed by atoms with Gasteiger partial charge in [-0.05, 0) is 47.1 Å². The monoisotopic (exact) mass is 337 g/mol. The Morgan fingerprint density at radius 1 is 1.29 bits per heavy atom. The number of Topliss-reactive ketones (excluding diaryl/α,β-unsaturated/α-hetero) is 1. The van der Waals surface area contributed by atoms with Gasteiger partial charge in [0.05, 0.1) is 17.9 Å². The summed E-state index contributed by atoms with van der Waals surface area (Å²) in [6.07, 6.45) is 0.279. The van der Waals surface area contributed by atoms with E-state index in [9.17, 15) is 9.59 Å². The molecule has 0 spiro atoms. The molecule has 0 saturated carbocycles. The van der Waals surface area contributed by atoms with Crippen molar-refractivity contribution in [1.82, 2.24) is 4.98 Å². The average Bonchev–Trinajstić information content (AvgIpc) is 2.80. The summed E-state index contributed by atoms with van der Waals surface area (Å²) in [6.45, 7) is 13.3. The summed E-state index contributed by atoms with van der Waals surface area (Å²) in [4.78, 5) is 29.4. The lowest BCUT2D eigenvalue weighted by Gasteiger charge is -2.35. The molecule has 0 aliphatic carbocycles. The zero-order valence-electron chi connectivity index (χ0n) is 15.5. The van der Waals surface area contributed by atoms with Crippen molar-refractivity contribution in [3.8, 4) is 0 Å². The molecular weight excluding hydrogens is 308 g/mol. The van der Waals surface area contributed by atoms with Crippen LogP contribution in [-0.2, 0) is 9.47 Å². The molecule has 24 heavy (non-hydrogen) atoms. The van der Waals surface area contributed by atoms with Crippen LogP contribution in [0.4, 0.5) is 0 Å². The van der Waals surface area contributed by atoms with Crippen LogP contribution in [0.2, 0.25) is 0 Å². The van der Waals surface area contributed by atoms with E-state index < -0.39 is 0 Å². The molecule has 2 rings (SSSR count). The summed E-state index contributed by atoms with van der Waals surface area (Å²) in [5, 5.41) is 0. The second kappa shape index (κ2) is 7.49. The first-order chi connectivity index (χ1) is 11.3. The van der Waals surface area contributed by atoms with Gasteiger partial charge >= 0.3 is 5.97 Å². The minimum Gasteiger partial charge on any atom is -0.462 e. The largest absolute Gasteiger partial charge is 0.462 e. The quantitative estimate of drug-likeness (QED) is 0.623. The van der Waals surface area contributed by atoms with Crippen molar-refractivity contribution in [2.45, 2.75) is 59.8 Å². The Morgan fingerprint density at radius 2 is 1.88 bits per heavy atom. The number of hydrogen-bond acceptors (Lipinski definition) is 4. The number of aromatic nitrogens is 1. The van der Waals surface area contributed by atoms with Gasteiger partial charge in [-0.2, -0.15) is 0 Å². The van der Waals surface area contributed by atoms with E-state index in [0.29, 0.717) is 29.1 Å². The topological polar surface area (TPSA) is 72.8 Å². The Morgan fingerprint density at radius 3 is 2.42 bits per heavy atom. The van der Waals surface area contributed by atoms with Crippen LogP contribution in [-0.4, -0.2) is 54.7 Å². The SMILES string of the molecule is CCOC(=O)c1c(C)[nH]c(C(=O)[C@@H](C)[NH+]2C[C@@H](C)O[C@H](C)C2)c1C. The molecule has 1 aromatic heterocycles. The van der Waals surface area contributed by atoms with Crippen LogP contribution in [0.1, 0.15) is 59.8 Å². The summed E-state index contributed by atoms with van der Waals surface area (Å²) in [5.74, 6) is -0.348. The minimum absolute atomic E-state index is 0.0300. The molecule has 6 heteroatoms. The van der Waals surface area contributed by atoms with Gasteiger partial charge in [0, 0.05) is 5.69 Å². The van der Waals surface area contributed by atoms with E-state index in [2.05, 4.69) is 4.98 Å². The number of aryl methyl sites for hydroxylation is 1. The second-order valence-electron chi connectivity index (χ2n) is 6.76. The summed E-state index contributed by atoms with van der Waals surface area (Å²) >= 11 is 0. The van der Waals surface area contributed by atoms with E-state index in [1.54, 1.807) is 20.8 Å². The van der Waals surface area contributed by atoms with Crippen LogP contribution in [0.25, 0.3) is 0 Å². The fourth-order valence-corrected chi connectivity index (χ4v) is 3.58. The number of nitrogens with one attached hydrogen (secondary N) is 2. The smallest absolute Gasteiger partial charge is 0.340 e. The number of esters is 1. The molecule has 2 heterocycles. The van der Waals surface area contributed by atoms with Crippen LogP contribution in [0.3, 0.4) is 0 Å². The fourth-order valence-electron chi connectivity index (χ4n) is 3.58. The molecule has 2 N–H and O–H groups in total. The van der Waals surface area contributed by atoms with Gasteiger partial charge < -0.3 is 19.4 Å². The summed E-state index contributed by atoms with van der Waals surface area (Å²) < 4.78 is 10.9. The molecule has 134 valence electrons. The number of hydrogen-bond donors (Lipinski definition) is 2. The van der Waals surface area contributed by atoms with E-state index in [0.717, 1.165) is 13.1 Å². The van der Waals surface area contributed by atoms with Gasteiger partial charge in [-0.15, -0.1) is 0 Å². The van der Waals surface area contributed by atoms with Gasteiger partial charge in [0.1, 0.15) is 25.3 Å². The highest BCUT2D eigenvalue weighted by Gasteiger charge is 2.35. The third-order valence-electron chi connectivity index (χ3n) is 4.73. The van der Waals surface area contributed by atoms with Gasteiger partial charge in [-0.1, -0.05) is 0 Å². The van der Waals surface area contributed by atoms with Crippen LogP contribution >= 0.6 is 0 Å². The molecule has 1 aliphatic rings. The van der Waals surface area contributed by atoms with Crippen molar-refractivity contribution in [2.24, 2.45) is 0 Å². The lowest BCUT2D eigenvalue weighted by molar-refractivity contribution is -0.928. The standard InChI is InChI=1S/C18H28N2O4/c1-7-23-18(22)15-12(4)16(19-13(15)5)17(21)14(6)20-8-10(2)24-11(3)9-20/h10-11,14,19H,7-9H2,1-6H3/p+1/t10-,11-,14-/m1/s1. The molecule has 1 aromatic rings. The number of ketones is 1. The van der Waals surface area contributed by atoms with Gasteiger partial charge in [0.25, 0.3) is 0 Å². The van der Waals surface area contributed by atoms with E-state index in [1.807, 2.05) is 20.8 Å². The number of quaternary nitrogens is 1. The predicted octanol–water partition coefficient (Wildman–Crippen LogP) is 1.07. The summed E-state index contributed by atoms with van der Waals surface area (Å²) in [5.41, 5.74) is 2.35. The Bertz CT molecular complexity index is 613. The molecule has 3 atom stereocenters. The molecule has 0 bridgehead atoms. The maximum absolute atomic E-state index is 13.0. The second-order valence-corrected chi connectivity index (χ2v) is 6.76. The molecule has 0 amide bonds. The first kappa shape index (κ1) is 18.7. The molecule has 1 saturated heterocycles. The number of rotatable bonds is 5. The van der Waals surface area contributed by atoms with E-state index >= 15 is 0 Å². The Kier molecular flexibility index (Phi) is 5.83. The Balaban J connectivity index is 2.23. The van der Waals surface area contributed by atoms with E-state index in [-0.39, 0.29) is 30.0 Å². The number of morpholine rings is 1. The molecule has 1 fully saturated rings. The third-order valence-corrected chi connectivity index (χ3v) is 4.73. The Hall–Kier alpha value is -1.66. The van der Waals surface area contributed by atoms with Gasteiger partial charge in [0.2, 0.25) is 5.78 Å². The van der Waals surface area contributed by atoms with Crippen molar-refractivity contribution >= 4 is 11.8 Å². The Labute approximate surface area is 143 Å². The number of aromatic amines is 1. The fraction of sp³-hybridized carbons (Fsp3) is 0.667. The number of carbonyl (C=O) groups is 2. The van der Waals surface area contributed by atoms with Crippen LogP contribution in [0.15, 0.2) is 0 Å². The predicted molar refractivity (Wildman–Crippen MR) is 90.7 cm³/mol. The molecule has 1 aliphatic heterocycles. The van der Waals surface area contributed by atoms with Crippen molar-refractivity contribution < 1.29 is 24.0 Å². The molecule has 0 radical (unpaired) electrons. The van der Waals surface area contributed by atoms with Crippen molar-refractivity contribution in [1.29, 1.82) is 0 Å². The average molecular weight is 337 g/mol. The molecule has 6 nitrogen and oxygen atoms in total. The summed E-state index contributed by atoms with van der Waals surface area (Å²) in [7, 11) is 0. The first-order valence-electron chi connectivity index (χ1n) is 8.66. The van der Waals surface area contributed by atoms with Gasteiger partial charge in [-0.25, -0.2) is 4.79 Å². The van der Waals surface area contributed by atoms with E-state index in [1.165, 1.54) is 4.90 Å². The van der Waals surface area contributed by atoms with Crippen molar-refractivity contribution in [3.05, 3.63) is 22.5 Å². The molecular formula is C18H29N2O4+. The van der Waals surface area contributed by atoms with Crippen LogP contribution in [0.5, 0.6) is 0 Å². The van der Waals surface area contributed by atoms with Gasteiger partial charge in [-0.3, -0.25) is 4.79 Å². The molecule has 0 aromatic carbocycles. The highest BCUT2D eigenvalue weighted by Crippen LogP contribution is 2.20. The lowest BCUT2D eigenvalue weighted by Crippen LogP contribution is -3.19. The van der Waals surface area contributed by atoms with Crippen LogP contribution < -0.4 is 4.90 Å².